The van der Waals surface area contributed by atoms with Gasteiger partial charge in [0.05, 0.1) is 33.6 Å². The lowest BCUT2D eigenvalue weighted by atomic mass is 9.67. The zero-order chi connectivity index (χ0) is 61.0. The summed E-state index contributed by atoms with van der Waals surface area (Å²) < 4.78 is 118. The molecule has 12 aromatic rings. The van der Waals surface area contributed by atoms with Crippen molar-refractivity contribution in [2.24, 2.45) is 0 Å². The topological polar surface area (TPSA) is 66.4 Å². The summed E-state index contributed by atoms with van der Waals surface area (Å²) in [6.45, 7) is 0. The summed E-state index contributed by atoms with van der Waals surface area (Å²) >= 11 is 0. The van der Waals surface area contributed by atoms with Gasteiger partial charge in [0.2, 0.25) is 0 Å². The maximum Gasteiger partial charge on any atom is 0.258 e. The molecule has 3 aliphatic rings. The number of anilines is 4. The Labute approximate surface area is 503 Å². The summed E-state index contributed by atoms with van der Waals surface area (Å²) in [5.74, 6) is -17.9. The third kappa shape index (κ3) is 8.68. The molecule has 2 aliphatic carbocycles. The van der Waals surface area contributed by atoms with Gasteiger partial charge in [-0.15, -0.1) is 0 Å². The minimum absolute atomic E-state index is 0.0785. The van der Waals surface area contributed by atoms with Crippen LogP contribution in [-0.2, 0) is 5.41 Å². The van der Waals surface area contributed by atoms with Gasteiger partial charge in [0.15, 0.2) is 46.5 Å². The fourth-order valence-corrected chi connectivity index (χ4v) is 13.4. The van der Waals surface area contributed by atoms with Crippen molar-refractivity contribution >= 4 is 56.4 Å². The zero-order valence-corrected chi connectivity index (χ0v) is 46.5. The van der Waals surface area contributed by atoms with Crippen molar-refractivity contribution in [2.45, 2.75) is 17.4 Å². The van der Waals surface area contributed by atoms with Gasteiger partial charge in [0, 0.05) is 45.1 Å². The molecule has 2 amide bonds. The summed E-state index contributed by atoms with van der Waals surface area (Å²) in [6, 6.07) is 67.8. The molecule has 1 aromatic heterocycles. The molecule has 15 rings (SSSR count). The maximum atomic E-state index is 15.0. The van der Waals surface area contributed by atoms with E-state index in [2.05, 4.69) is 172 Å². The molecule has 0 fully saturated rings. The summed E-state index contributed by atoms with van der Waals surface area (Å²) in [7, 11) is 0. The molecule has 14 heteroatoms. The van der Waals surface area contributed by atoms with Crippen molar-refractivity contribution < 1.29 is 44.7 Å². The summed E-state index contributed by atoms with van der Waals surface area (Å²) in [4.78, 5) is 29.4. The van der Waals surface area contributed by atoms with Gasteiger partial charge in [-0.1, -0.05) is 152 Å². The lowest BCUT2D eigenvalue weighted by Gasteiger charge is -2.34. The van der Waals surface area contributed by atoms with E-state index < -0.39 is 74.9 Å². The van der Waals surface area contributed by atoms with Crippen LogP contribution >= 0.6 is 0 Å². The Morgan fingerprint density at radius 2 is 0.843 bits per heavy atom. The largest absolute Gasteiger partial charge is 0.333 e. The smallest absolute Gasteiger partial charge is 0.258 e. The number of rotatable bonds is 10. The van der Waals surface area contributed by atoms with Gasteiger partial charge in [-0.2, -0.15) is 0 Å². The molecule has 0 radical (unpaired) electrons. The SMILES string of the molecule is O=C(Nc1ccc(C2(c3ccc(NC(=O)c4cc(F)c(F)c(F)c4F)cc3)c3cc(-c4ccc(N5c6ccccc6C6C=CC=CC65)cc4)ccc3-c3ccc(-c4ccc(-n5c6ccccc6c6ccccc65)cc4)cc32)cc1)c1cc(F)c(F)c(F)c1F. The molecule has 2 heterocycles. The Morgan fingerprint density at radius 1 is 0.404 bits per heavy atom. The van der Waals surface area contributed by atoms with Gasteiger partial charge in [-0.3, -0.25) is 9.59 Å². The Balaban J connectivity index is 0.884. The number of benzene rings is 11. The van der Waals surface area contributed by atoms with E-state index in [1.54, 1.807) is 48.5 Å². The monoisotopic (exact) mass is 1180 g/mol. The minimum Gasteiger partial charge on any atom is -0.333 e. The fourth-order valence-electron chi connectivity index (χ4n) is 13.4. The molecule has 0 saturated heterocycles. The minimum atomic E-state index is -2.14. The number of hydrogen-bond acceptors (Lipinski definition) is 3. The predicted octanol–water partition coefficient (Wildman–Crippen LogP) is 18.8. The van der Waals surface area contributed by atoms with Crippen LogP contribution in [0.5, 0.6) is 0 Å². The van der Waals surface area contributed by atoms with Crippen LogP contribution in [0.1, 0.15) is 54.5 Å². The number of amides is 2. The van der Waals surface area contributed by atoms with Crippen LogP contribution in [0.2, 0.25) is 0 Å². The number of nitrogens with zero attached hydrogens (tertiary/aromatic N) is 2. The van der Waals surface area contributed by atoms with E-state index in [9.17, 15) is 35.9 Å². The number of para-hydroxylation sites is 3. The third-order valence-electron chi connectivity index (χ3n) is 17.5. The molecule has 2 atom stereocenters. The Hall–Kier alpha value is -11.1. The van der Waals surface area contributed by atoms with Crippen LogP contribution in [0.25, 0.3) is 60.9 Å². The van der Waals surface area contributed by atoms with Crippen LogP contribution in [0, 0.1) is 46.5 Å². The van der Waals surface area contributed by atoms with E-state index in [0.717, 1.165) is 83.4 Å². The molecular formula is C75H44F8N4O2. The third-order valence-corrected chi connectivity index (χ3v) is 17.5. The van der Waals surface area contributed by atoms with Crippen molar-refractivity contribution in [1.82, 2.24) is 4.57 Å². The van der Waals surface area contributed by atoms with E-state index in [1.165, 1.54) is 5.56 Å². The molecule has 0 bridgehead atoms. The highest BCUT2D eigenvalue weighted by Crippen LogP contribution is 2.58. The van der Waals surface area contributed by atoms with E-state index in [1.807, 2.05) is 30.3 Å². The standard InChI is InChI=1S/C75H44F8N4O2/c76-61-39-57(67(78)71(82)69(61)80)73(88)84-47-27-23-45(24-28-47)75(46-25-29-48(30-26-46)85-74(89)58-40-62(77)70(81)72(83)68(58)79)59-37-43(41-17-31-49(32-18-41)86-63-13-5-1-9-53(63)54-10-2-6-14-64(54)86)21-35-51(59)52-36-22-44(38-60(52)75)42-19-33-50(34-20-42)87-65-15-7-3-11-55(65)56-12-4-8-16-66(56)87/h1-40,53,63H,(H,84,88)(H,85,89). The summed E-state index contributed by atoms with van der Waals surface area (Å²) in [5, 5.41) is 7.23. The second-order valence-electron chi connectivity index (χ2n) is 22.2. The Kier molecular flexibility index (Phi) is 12.9. The van der Waals surface area contributed by atoms with Crippen molar-refractivity contribution in [2.75, 3.05) is 15.5 Å². The van der Waals surface area contributed by atoms with Crippen LogP contribution in [0.3, 0.4) is 0 Å². The van der Waals surface area contributed by atoms with Crippen molar-refractivity contribution in [3.8, 4) is 39.1 Å². The van der Waals surface area contributed by atoms with Crippen molar-refractivity contribution in [3.05, 3.63) is 328 Å². The highest BCUT2D eigenvalue weighted by Gasteiger charge is 2.47. The molecule has 2 unspecified atom stereocenters. The molecular weight excluding hydrogens is 1140 g/mol. The molecule has 432 valence electrons. The first-order valence-corrected chi connectivity index (χ1v) is 28.5. The number of carbonyl (C=O) groups is 2. The summed E-state index contributed by atoms with van der Waals surface area (Å²) in [5.41, 5.74) is 11.2. The number of hydrogen-bond donors (Lipinski definition) is 2. The van der Waals surface area contributed by atoms with Crippen molar-refractivity contribution in [3.63, 3.8) is 0 Å². The number of nitrogens with one attached hydrogen (secondary N) is 2. The molecule has 0 spiro atoms. The van der Waals surface area contributed by atoms with Crippen molar-refractivity contribution in [1.29, 1.82) is 0 Å². The number of carbonyl (C=O) groups excluding carboxylic acids is 2. The molecule has 11 aromatic carbocycles. The van der Waals surface area contributed by atoms with E-state index in [0.29, 0.717) is 11.1 Å². The van der Waals surface area contributed by atoms with E-state index in [-0.39, 0.29) is 35.5 Å². The predicted molar refractivity (Wildman–Crippen MR) is 331 cm³/mol. The normalized spacial score (nSPS) is 15.0. The molecule has 0 saturated carbocycles. The molecule has 6 nitrogen and oxygen atoms in total. The van der Waals surface area contributed by atoms with Crippen LogP contribution < -0.4 is 15.5 Å². The number of aromatic nitrogens is 1. The first-order valence-electron chi connectivity index (χ1n) is 28.5. The highest BCUT2D eigenvalue weighted by atomic mass is 19.2. The first-order chi connectivity index (χ1) is 43.3. The number of allylic oxidation sites excluding steroid dienone is 2. The second kappa shape index (κ2) is 21.1. The van der Waals surface area contributed by atoms with Gasteiger partial charge < -0.3 is 20.1 Å². The summed E-state index contributed by atoms with van der Waals surface area (Å²) in [6.07, 6.45) is 8.59. The lowest BCUT2D eigenvalue weighted by molar-refractivity contribution is 0.101. The molecule has 1 aliphatic heterocycles. The van der Waals surface area contributed by atoms with E-state index >= 15 is 8.78 Å². The first kappa shape index (κ1) is 54.5. The molecule has 89 heavy (non-hydrogen) atoms. The maximum absolute atomic E-state index is 15.0. The number of halogens is 8. The van der Waals surface area contributed by atoms with Gasteiger partial charge in [-0.05, 0) is 152 Å². The van der Waals surface area contributed by atoms with Crippen LogP contribution in [0.4, 0.5) is 57.9 Å². The molecule has 2 N–H and O–H groups in total. The fraction of sp³-hybridized carbons (Fsp3) is 0.0400. The Morgan fingerprint density at radius 3 is 1.35 bits per heavy atom. The zero-order valence-electron chi connectivity index (χ0n) is 46.5. The van der Waals surface area contributed by atoms with Gasteiger partial charge in [0.25, 0.3) is 11.8 Å². The quantitative estimate of drug-likeness (QED) is 0.0815. The van der Waals surface area contributed by atoms with Gasteiger partial charge in [0.1, 0.15) is 0 Å². The average molecular weight is 1190 g/mol. The second-order valence-corrected chi connectivity index (χ2v) is 22.2. The van der Waals surface area contributed by atoms with Gasteiger partial charge in [-0.25, -0.2) is 35.1 Å². The van der Waals surface area contributed by atoms with Crippen LogP contribution in [-0.4, -0.2) is 22.4 Å². The van der Waals surface area contributed by atoms with E-state index in [4.69, 9.17) is 0 Å². The van der Waals surface area contributed by atoms with Crippen LogP contribution in [0.15, 0.2) is 243 Å². The average Bonchev–Trinajstić information content (AvgIpc) is 1.56. The van der Waals surface area contributed by atoms with Gasteiger partial charge >= 0.3 is 0 Å². The highest BCUT2D eigenvalue weighted by molar-refractivity contribution is 6.09. The lowest BCUT2D eigenvalue weighted by Crippen LogP contribution is -2.29. The Bertz CT molecular complexity index is 4830. The number of fused-ring (bicyclic) bond motifs is 9.